The van der Waals surface area contributed by atoms with Crippen molar-refractivity contribution >= 4 is 55.6 Å². The maximum atomic E-state index is 12.2. The standard InChI is InChI=1S/C17H15Br2N3O3/c1-10(23)21-14-5-3-4-11(7-14)17(24)22-20-9-12-6-13(18)8-15(19)16(12)25-2/h3-9H,1-2H3,(H,21,23)(H,22,24). The highest BCUT2D eigenvalue weighted by Crippen LogP contribution is 2.31. The largest absolute Gasteiger partial charge is 0.495 e. The van der Waals surface area contributed by atoms with E-state index in [-0.39, 0.29) is 5.91 Å². The van der Waals surface area contributed by atoms with Crippen molar-refractivity contribution < 1.29 is 14.3 Å². The molecule has 2 amide bonds. The van der Waals surface area contributed by atoms with Crippen LogP contribution in [0.15, 0.2) is 50.4 Å². The van der Waals surface area contributed by atoms with Crippen LogP contribution < -0.4 is 15.5 Å². The maximum Gasteiger partial charge on any atom is 0.271 e. The lowest BCUT2D eigenvalue weighted by Gasteiger charge is -2.08. The lowest BCUT2D eigenvalue weighted by Crippen LogP contribution is -2.18. The average molecular weight is 469 g/mol. The van der Waals surface area contributed by atoms with Gasteiger partial charge in [0.15, 0.2) is 0 Å². The molecule has 25 heavy (non-hydrogen) atoms. The van der Waals surface area contributed by atoms with Crippen molar-refractivity contribution in [2.75, 3.05) is 12.4 Å². The summed E-state index contributed by atoms with van der Waals surface area (Å²) in [6, 6.07) is 10.2. The Hall–Kier alpha value is -2.19. The van der Waals surface area contributed by atoms with Gasteiger partial charge in [-0.05, 0) is 46.3 Å². The second-order valence-electron chi connectivity index (χ2n) is 4.97. The topological polar surface area (TPSA) is 79.8 Å². The van der Waals surface area contributed by atoms with Crippen molar-refractivity contribution in [2.24, 2.45) is 5.10 Å². The molecule has 2 rings (SSSR count). The Labute approximate surface area is 161 Å². The SMILES string of the molecule is COc1c(Br)cc(Br)cc1C=NNC(=O)c1cccc(NC(C)=O)c1. The summed E-state index contributed by atoms with van der Waals surface area (Å²) in [5.74, 6) is 0.00763. The van der Waals surface area contributed by atoms with E-state index >= 15 is 0 Å². The zero-order valence-corrected chi connectivity index (χ0v) is 16.6. The third-order valence-corrected chi connectivity index (χ3v) is 4.10. The minimum absolute atomic E-state index is 0.206. The van der Waals surface area contributed by atoms with E-state index in [0.29, 0.717) is 22.6 Å². The average Bonchev–Trinajstić information content (AvgIpc) is 2.54. The van der Waals surface area contributed by atoms with E-state index in [1.165, 1.54) is 13.1 Å². The van der Waals surface area contributed by atoms with Crippen LogP contribution in [0.25, 0.3) is 0 Å². The van der Waals surface area contributed by atoms with Crippen molar-refractivity contribution in [2.45, 2.75) is 6.92 Å². The lowest BCUT2D eigenvalue weighted by atomic mass is 10.2. The first kappa shape index (κ1) is 19.1. The van der Waals surface area contributed by atoms with Gasteiger partial charge in [0.2, 0.25) is 5.91 Å². The molecule has 2 aromatic rings. The summed E-state index contributed by atoms with van der Waals surface area (Å²) < 4.78 is 6.92. The highest BCUT2D eigenvalue weighted by Gasteiger charge is 2.09. The molecule has 0 saturated carbocycles. The number of hydrogen-bond acceptors (Lipinski definition) is 4. The number of carbonyl (C=O) groups is 2. The summed E-state index contributed by atoms with van der Waals surface area (Å²) in [5.41, 5.74) is 4.06. The Morgan fingerprint density at radius 2 is 1.96 bits per heavy atom. The third-order valence-electron chi connectivity index (χ3n) is 3.06. The van der Waals surface area contributed by atoms with E-state index < -0.39 is 5.91 Å². The quantitative estimate of drug-likeness (QED) is 0.515. The number of benzene rings is 2. The summed E-state index contributed by atoms with van der Waals surface area (Å²) in [7, 11) is 1.55. The summed E-state index contributed by atoms with van der Waals surface area (Å²) in [6.45, 7) is 1.40. The summed E-state index contributed by atoms with van der Waals surface area (Å²) >= 11 is 6.80. The summed E-state index contributed by atoms with van der Waals surface area (Å²) in [5, 5.41) is 6.59. The van der Waals surface area contributed by atoms with Gasteiger partial charge in [0.25, 0.3) is 5.91 Å². The number of carbonyl (C=O) groups excluding carboxylic acids is 2. The van der Waals surface area contributed by atoms with Crippen LogP contribution in [0, 0.1) is 0 Å². The van der Waals surface area contributed by atoms with E-state index in [2.05, 4.69) is 47.7 Å². The first-order valence-electron chi connectivity index (χ1n) is 7.15. The molecule has 0 spiro atoms. The molecular weight excluding hydrogens is 454 g/mol. The highest BCUT2D eigenvalue weighted by atomic mass is 79.9. The first-order chi connectivity index (χ1) is 11.9. The number of hydrogen-bond donors (Lipinski definition) is 2. The number of hydrazone groups is 1. The van der Waals surface area contributed by atoms with Gasteiger partial charge >= 0.3 is 0 Å². The number of nitrogens with zero attached hydrogens (tertiary/aromatic N) is 1. The fraction of sp³-hybridized carbons (Fsp3) is 0.118. The number of nitrogens with one attached hydrogen (secondary N) is 2. The van der Waals surface area contributed by atoms with Crippen molar-refractivity contribution in [3.05, 3.63) is 56.5 Å². The molecule has 0 aliphatic heterocycles. The molecule has 0 atom stereocenters. The van der Waals surface area contributed by atoms with Gasteiger partial charge < -0.3 is 10.1 Å². The monoisotopic (exact) mass is 467 g/mol. The Kier molecular flexibility index (Phi) is 6.72. The fourth-order valence-corrected chi connectivity index (χ4v) is 3.48. The molecule has 0 unspecified atom stereocenters. The van der Waals surface area contributed by atoms with Crippen LogP contribution in [0.2, 0.25) is 0 Å². The molecule has 0 aliphatic carbocycles. The smallest absolute Gasteiger partial charge is 0.271 e. The predicted molar refractivity (Wildman–Crippen MR) is 104 cm³/mol. The number of rotatable bonds is 5. The molecule has 0 aromatic heterocycles. The minimum atomic E-state index is -0.392. The maximum absolute atomic E-state index is 12.2. The van der Waals surface area contributed by atoms with Gasteiger partial charge in [-0.1, -0.05) is 22.0 Å². The molecule has 0 saturated heterocycles. The van der Waals surface area contributed by atoms with Gasteiger partial charge in [-0.3, -0.25) is 9.59 Å². The first-order valence-corrected chi connectivity index (χ1v) is 8.73. The molecule has 0 radical (unpaired) electrons. The number of ether oxygens (including phenoxy) is 1. The van der Waals surface area contributed by atoms with Crippen LogP contribution >= 0.6 is 31.9 Å². The Morgan fingerprint density at radius 1 is 1.20 bits per heavy atom. The Morgan fingerprint density at radius 3 is 2.64 bits per heavy atom. The molecule has 0 heterocycles. The van der Waals surface area contributed by atoms with Crippen molar-refractivity contribution in [1.82, 2.24) is 5.43 Å². The number of methoxy groups -OCH3 is 1. The van der Waals surface area contributed by atoms with E-state index in [1.54, 1.807) is 31.4 Å². The van der Waals surface area contributed by atoms with E-state index in [4.69, 9.17) is 4.74 Å². The molecule has 6 nitrogen and oxygen atoms in total. The zero-order chi connectivity index (χ0) is 18.4. The Bertz CT molecular complexity index is 838. The van der Waals surface area contributed by atoms with Gasteiger partial charge in [-0.2, -0.15) is 5.10 Å². The second-order valence-corrected chi connectivity index (χ2v) is 6.74. The molecule has 0 fully saturated rings. The van der Waals surface area contributed by atoms with Gasteiger partial charge in [0, 0.05) is 28.2 Å². The van der Waals surface area contributed by atoms with Crippen LogP contribution in [0.1, 0.15) is 22.8 Å². The second kappa shape index (κ2) is 8.77. The van der Waals surface area contributed by atoms with Crippen molar-refractivity contribution in [3.8, 4) is 5.75 Å². The van der Waals surface area contributed by atoms with E-state index in [1.807, 2.05) is 12.1 Å². The lowest BCUT2D eigenvalue weighted by molar-refractivity contribution is -0.114. The number of anilines is 1. The summed E-state index contributed by atoms with van der Waals surface area (Å²) in [6.07, 6.45) is 1.49. The molecule has 8 heteroatoms. The molecule has 2 N–H and O–H groups in total. The van der Waals surface area contributed by atoms with Crippen LogP contribution in [0.4, 0.5) is 5.69 Å². The fourth-order valence-electron chi connectivity index (χ4n) is 2.06. The van der Waals surface area contributed by atoms with Crippen LogP contribution in [0.3, 0.4) is 0 Å². The summed E-state index contributed by atoms with van der Waals surface area (Å²) in [4.78, 5) is 23.3. The molecule has 2 aromatic carbocycles. The van der Waals surface area contributed by atoms with Crippen molar-refractivity contribution in [3.63, 3.8) is 0 Å². The van der Waals surface area contributed by atoms with Gasteiger partial charge in [0.05, 0.1) is 17.8 Å². The molecule has 0 bridgehead atoms. The van der Waals surface area contributed by atoms with Crippen LogP contribution in [-0.4, -0.2) is 25.1 Å². The van der Waals surface area contributed by atoms with Crippen LogP contribution in [-0.2, 0) is 4.79 Å². The highest BCUT2D eigenvalue weighted by molar-refractivity contribution is 9.11. The Balaban J connectivity index is 2.12. The van der Waals surface area contributed by atoms with Crippen molar-refractivity contribution in [1.29, 1.82) is 0 Å². The van der Waals surface area contributed by atoms with E-state index in [9.17, 15) is 9.59 Å². The normalized spacial score (nSPS) is 10.6. The van der Waals surface area contributed by atoms with Crippen LogP contribution in [0.5, 0.6) is 5.75 Å². The molecule has 0 aliphatic rings. The third kappa shape index (κ3) is 5.40. The van der Waals surface area contributed by atoms with Gasteiger partial charge in [-0.15, -0.1) is 0 Å². The number of halogens is 2. The van der Waals surface area contributed by atoms with Gasteiger partial charge in [-0.25, -0.2) is 5.43 Å². The number of amides is 2. The molecule has 130 valence electrons. The predicted octanol–water partition coefficient (Wildman–Crippen LogP) is 3.94. The minimum Gasteiger partial charge on any atom is -0.495 e. The van der Waals surface area contributed by atoms with E-state index in [0.717, 1.165) is 8.95 Å². The zero-order valence-electron chi connectivity index (χ0n) is 13.5. The van der Waals surface area contributed by atoms with Gasteiger partial charge in [0.1, 0.15) is 5.75 Å². The molecular formula is C17H15Br2N3O3.